The molecule has 1 aliphatic heterocycles. The molecular weight excluding hydrogens is 501 g/mol. The highest BCUT2D eigenvalue weighted by Crippen LogP contribution is 2.39. The molecule has 1 atom stereocenters. The van der Waals surface area contributed by atoms with E-state index < -0.39 is 29.4 Å². The lowest BCUT2D eigenvalue weighted by atomic mass is 9.95. The zero-order valence-corrected chi connectivity index (χ0v) is 18.9. The number of carbonyl (C=O) groups excluding carboxylic acids is 1. The van der Waals surface area contributed by atoms with Gasteiger partial charge >= 0.3 is 6.18 Å². The molecule has 2 aliphatic rings. The van der Waals surface area contributed by atoms with Crippen LogP contribution in [0.15, 0.2) is 78.7 Å². The fraction of sp³-hybridized carbons (Fsp3) is 0.136. The Balaban J connectivity index is 1.47. The number of nitrogens with one attached hydrogen (secondary N) is 1. The van der Waals surface area contributed by atoms with Crippen molar-refractivity contribution >= 4 is 23.2 Å². The summed E-state index contributed by atoms with van der Waals surface area (Å²) in [5.74, 6) is -0.857. The number of aliphatic hydroxyl groups is 1. The first-order valence-electron chi connectivity index (χ1n) is 10.4. The molecule has 14 heteroatoms. The summed E-state index contributed by atoms with van der Waals surface area (Å²) in [6.45, 7) is -0.356. The van der Waals surface area contributed by atoms with Gasteiger partial charge in [-0.1, -0.05) is 29.8 Å². The van der Waals surface area contributed by atoms with Crippen molar-refractivity contribution in [2.45, 2.75) is 12.2 Å². The van der Waals surface area contributed by atoms with Gasteiger partial charge in [0.2, 0.25) is 0 Å². The fourth-order valence-corrected chi connectivity index (χ4v) is 4.15. The summed E-state index contributed by atoms with van der Waals surface area (Å²) < 4.78 is 43.4. The molecule has 0 bridgehead atoms. The van der Waals surface area contributed by atoms with Crippen molar-refractivity contribution in [1.29, 1.82) is 0 Å². The van der Waals surface area contributed by atoms with Crippen LogP contribution in [0.2, 0.25) is 5.02 Å². The average molecular weight is 517 g/mol. The molecule has 1 amide bonds. The molecule has 3 aromatic rings. The minimum absolute atomic E-state index is 0.0725. The Morgan fingerprint density at radius 1 is 1.14 bits per heavy atom. The first kappa shape index (κ1) is 23.5. The number of anilines is 1. The molecule has 0 aromatic carbocycles. The lowest BCUT2D eigenvalue weighted by Gasteiger charge is -2.32. The number of allylic oxidation sites excluding steroid dienone is 6. The van der Waals surface area contributed by atoms with Crippen LogP contribution < -0.4 is 5.32 Å². The minimum atomic E-state index is -4.90. The summed E-state index contributed by atoms with van der Waals surface area (Å²) >= 11 is 6.19. The Kier molecular flexibility index (Phi) is 5.94. The first-order valence-corrected chi connectivity index (χ1v) is 10.8. The van der Waals surface area contributed by atoms with Crippen LogP contribution in [-0.2, 0) is 6.18 Å². The molecule has 1 unspecified atom stereocenters. The Morgan fingerprint density at radius 3 is 2.61 bits per heavy atom. The number of carbonyl (C=O) groups is 1. The molecule has 3 aromatic heterocycles. The normalized spacial score (nSPS) is 17.0. The third-order valence-corrected chi connectivity index (χ3v) is 5.70. The molecule has 0 saturated heterocycles. The Bertz CT molecular complexity index is 1440. The lowest BCUT2D eigenvalue weighted by Crippen LogP contribution is -2.29. The molecule has 0 radical (unpaired) electrons. The summed E-state index contributed by atoms with van der Waals surface area (Å²) in [7, 11) is 0. The van der Waals surface area contributed by atoms with Gasteiger partial charge in [0.15, 0.2) is 11.5 Å². The van der Waals surface area contributed by atoms with Gasteiger partial charge < -0.3 is 15.3 Å². The van der Waals surface area contributed by atoms with Gasteiger partial charge in [-0.2, -0.15) is 28.5 Å². The number of halogens is 4. The number of alkyl halides is 3. The van der Waals surface area contributed by atoms with E-state index >= 15 is 0 Å². The van der Waals surface area contributed by atoms with Gasteiger partial charge in [-0.15, -0.1) is 4.80 Å². The van der Waals surface area contributed by atoms with Gasteiger partial charge in [0.05, 0.1) is 47.1 Å². The van der Waals surface area contributed by atoms with Crippen LogP contribution in [0.3, 0.4) is 0 Å². The monoisotopic (exact) mass is 516 g/mol. The number of rotatable bonds is 5. The second-order valence-electron chi connectivity index (χ2n) is 7.61. The second-order valence-corrected chi connectivity index (χ2v) is 8.01. The molecule has 0 fully saturated rings. The predicted molar refractivity (Wildman–Crippen MR) is 122 cm³/mol. The number of amides is 1. The Hall–Kier alpha value is -4.23. The van der Waals surface area contributed by atoms with E-state index in [1.807, 2.05) is 0 Å². The van der Waals surface area contributed by atoms with Crippen LogP contribution in [0.25, 0.3) is 5.82 Å². The van der Waals surface area contributed by atoms with Gasteiger partial charge in [0.1, 0.15) is 6.73 Å². The van der Waals surface area contributed by atoms with E-state index in [2.05, 4.69) is 25.6 Å². The van der Waals surface area contributed by atoms with Crippen molar-refractivity contribution in [2.75, 3.05) is 12.0 Å². The van der Waals surface area contributed by atoms with E-state index in [4.69, 9.17) is 11.6 Å². The van der Waals surface area contributed by atoms with Crippen molar-refractivity contribution in [1.82, 2.24) is 34.7 Å². The van der Waals surface area contributed by atoms with Crippen molar-refractivity contribution in [3.8, 4) is 5.82 Å². The maximum Gasteiger partial charge on any atom is 0.433 e. The number of nitrogens with zero attached hydrogens (tertiary/aromatic N) is 7. The fourth-order valence-electron chi connectivity index (χ4n) is 3.91. The van der Waals surface area contributed by atoms with Crippen LogP contribution in [0.4, 0.5) is 18.9 Å². The molecule has 0 saturated carbocycles. The maximum absolute atomic E-state index is 14.2. The van der Waals surface area contributed by atoms with E-state index in [0.29, 0.717) is 11.3 Å². The predicted octanol–water partition coefficient (Wildman–Crippen LogP) is 3.48. The molecule has 184 valence electrons. The third-order valence-electron chi connectivity index (χ3n) is 5.43. The van der Waals surface area contributed by atoms with Gasteiger partial charge in [-0.3, -0.25) is 4.79 Å². The summed E-state index contributed by atoms with van der Waals surface area (Å²) in [6, 6.07) is 0.367. The SMILES string of the molecule is O=C(Nc1cnc(-n2nccn2)c(Cl)c1)c1cnn(C2C=CC=C3C2=CC=CN3CO)c1C(F)(F)F. The Morgan fingerprint density at radius 2 is 1.92 bits per heavy atom. The largest absolute Gasteiger partial charge is 0.433 e. The van der Waals surface area contributed by atoms with Gasteiger partial charge in [-0.05, 0) is 18.2 Å². The molecule has 5 rings (SSSR count). The minimum Gasteiger partial charge on any atom is -0.376 e. The first-order chi connectivity index (χ1) is 17.3. The zero-order chi connectivity index (χ0) is 25.4. The van der Waals surface area contributed by atoms with Gasteiger partial charge in [0.25, 0.3) is 5.91 Å². The van der Waals surface area contributed by atoms with Crippen molar-refractivity contribution in [3.63, 3.8) is 0 Å². The van der Waals surface area contributed by atoms with Crippen molar-refractivity contribution < 1.29 is 23.1 Å². The highest BCUT2D eigenvalue weighted by Gasteiger charge is 2.42. The molecular formula is C22H16ClF3N8O2. The molecule has 2 N–H and O–H groups in total. The summed E-state index contributed by atoms with van der Waals surface area (Å²) in [5.41, 5.74) is -0.823. The smallest absolute Gasteiger partial charge is 0.376 e. The van der Waals surface area contributed by atoms with Crippen LogP contribution in [-0.4, -0.2) is 52.4 Å². The molecule has 36 heavy (non-hydrogen) atoms. The number of hydrogen-bond donors (Lipinski definition) is 2. The molecule has 10 nitrogen and oxygen atoms in total. The number of pyridine rings is 1. The van der Waals surface area contributed by atoms with Crippen LogP contribution in [0.5, 0.6) is 0 Å². The van der Waals surface area contributed by atoms with E-state index in [-0.39, 0.29) is 23.3 Å². The Labute approximate surface area is 206 Å². The van der Waals surface area contributed by atoms with Crippen LogP contribution in [0.1, 0.15) is 22.1 Å². The molecule has 4 heterocycles. The van der Waals surface area contributed by atoms with Crippen molar-refractivity contribution in [3.05, 3.63) is 95.0 Å². The van der Waals surface area contributed by atoms with Crippen LogP contribution >= 0.6 is 11.6 Å². The average Bonchev–Trinajstić information content (AvgIpc) is 3.54. The third kappa shape index (κ3) is 4.18. The summed E-state index contributed by atoms with van der Waals surface area (Å²) in [6.07, 6.45) is 9.66. The van der Waals surface area contributed by atoms with E-state index in [9.17, 15) is 23.1 Å². The number of hydrogen-bond acceptors (Lipinski definition) is 7. The highest BCUT2D eigenvalue weighted by atomic mass is 35.5. The van der Waals surface area contributed by atoms with E-state index in [1.165, 1.54) is 35.6 Å². The zero-order valence-electron chi connectivity index (χ0n) is 18.1. The molecule has 0 spiro atoms. The van der Waals surface area contributed by atoms with E-state index in [0.717, 1.165) is 15.7 Å². The number of aromatic nitrogens is 6. The quantitative estimate of drug-likeness (QED) is 0.533. The van der Waals surface area contributed by atoms with Gasteiger partial charge in [0, 0.05) is 17.5 Å². The summed E-state index contributed by atoms with van der Waals surface area (Å²) in [4.78, 5) is 19.6. The topological polar surface area (TPSA) is 114 Å². The maximum atomic E-state index is 14.2. The lowest BCUT2D eigenvalue weighted by molar-refractivity contribution is -0.144. The van der Waals surface area contributed by atoms with E-state index in [1.54, 1.807) is 30.5 Å². The molecule has 1 aliphatic carbocycles. The van der Waals surface area contributed by atoms with Crippen LogP contribution in [0, 0.1) is 0 Å². The van der Waals surface area contributed by atoms with Gasteiger partial charge in [-0.25, -0.2) is 9.67 Å². The standard InChI is InChI=1S/C22H16ClF3N8O2/c23-16-9-13(10-27-20(16)34-28-6-7-29-34)31-21(36)15-11-30-33(19(15)22(24,25)26)18-5-1-4-17-14(18)3-2-8-32(17)12-35/h1-11,18,35H,12H2,(H,31,36). The highest BCUT2D eigenvalue weighted by molar-refractivity contribution is 6.32. The number of fused-ring (bicyclic) bond motifs is 1. The summed E-state index contributed by atoms with van der Waals surface area (Å²) in [5, 5.41) is 23.8. The second kappa shape index (κ2) is 9.09. The number of aliphatic hydroxyl groups excluding tert-OH is 1. The van der Waals surface area contributed by atoms with Crippen molar-refractivity contribution in [2.24, 2.45) is 0 Å².